The summed E-state index contributed by atoms with van der Waals surface area (Å²) < 4.78 is 4.59. The first-order chi connectivity index (χ1) is 6.07. The molecule has 0 aromatic heterocycles. The predicted molar refractivity (Wildman–Crippen MR) is 53.6 cm³/mol. The summed E-state index contributed by atoms with van der Waals surface area (Å²) in [5.41, 5.74) is 0. The number of rotatable bonds is 6. The highest BCUT2D eigenvalue weighted by Crippen LogP contribution is 2.02. The van der Waals surface area contributed by atoms with Gasteiger partial charge in [-0.3, -0.25) is 4.79 Å². The summed E-state index contributed by atoms with van der Waals surface area (Å²) in [5.74, 6) is 0.541. The maximum absolute atomic E-state index is 11.0. The first-order valence-electron chi connectivity index (χ1n) is 4.89. The molecular formula is C10H21NO2. The Morgan fingerprint density at radius 2 is 2.00 bits per heavy atom. The summed E-state index contributed by atoms with van der Waals surface area (Å²) in [6.45, 7) is 7.10. The predicted octanol–water partition coefficient (Wildman–Crippen LogP) is 1.57. The topological polar surface area (TPSA) is 38.3 Å². The third kappa shape index (κ3) is 6.58. The highest BCUT2D eigenvalue weighted by atomic mass is 16.5. The van der Waals surface area contributed by atoms with Crippen LogP contribution in [-0.4, -0.2) is 25.7 Å². The van der Waals surface area contributed by atoms with E-state index in [4.69, 9.17) is 0 Å². The zero-order valence-corrected chi connectivity index (χ0v) is 9.09. The Morgan fingerprint density at radius 1 is 1.38 bits per heavy atom. The summed E-state index contributed by atoms with van der Waals surface area (Å²) in [5, 5.41) is 3.11. The van der Waals surface area contributed by atoms with Gasteiger partial charge in [-0.25, -0.2) is 0 Å². The lowest BCUT2D eigenvalue weighted by Crippen LogP contribution is -2.35. The molecule has 0 fully saturated rings. The molecule has 3 nitrogen and oxygen atoms in total. The summed E-state index contributed by atoms with van der Waals surface area (Å²) in [4.78, 5) is 11.0. The minimum atomic E-state index is -0.190. The van der Waals surface area contributed by atoms with Crippen LogP contribution in [0.2, 0.25) is 0 Å². The van der Waals surface area contributed by atoms with E-state index in [1.54, 1.807) is 0 Å². The Labute approximate surface area is 80.8 Å². The molecule has 13 heavy (non-hydrogen) atoms. The van der Waals surface area contributed by atoms with Crippen molar-refractivity contribution in [2.45, 2.75) is 39.7 Å². The van der Waals surface area contributed by atoms with Crippen LogP contribution in [0.15, 0.2) is 0 Å². The Bertz CT molecular complexity index is 146. The molecule has 78 valence electrons. The summed E-state index contributed by atoms with van der Waals surface area (Å²) in [6, 6.07) is -0.183. The molecule has 0 aromatic carbocycles. The van der Waals surface area contributed by atoms with Gasteiger partial charge in [0.2, 0.25) is 0 Å². The van der Waals surface area contributed by atoms with Crippen molar-refractivity contribution in [1.29, 1.82) is 0 Å². The number of ether oxygens (including phenoxy) is 1. The molecule has 3 heteroatoms. The molecular weight excluding hydrogens is 166 g/mol. The Balaban J connectivity index is 3.37. The van der Waals surface area contributed by atoms with Crippen LogP contribution in [0.5, 0.6) is 0 Å². The minimum absolute atomic E-state index is 0.183. The molecule has 0 aromatic rings. The average molecular weight is 187 g/mol. The quantitative estimate of drug-likeness (QED) is 0.507. The van der Waals surface area contributed by atoms with Crippen molar-refractivity contribution >= 4 is 5.97 Å². The fraction of sp³-hybridized carbons (Fsp3) is 0.900. The van der Waals surface area contributed by atoms with Crippen molar-refractivity contribution in [2.75, 3.05) is 13.7 Å². The third-order valence-corrected chi connectivity index (χ3v) is 1.96. The van der Waals surface area contributed by atoms with Crippen LogP contribution >= 0.6 is 0 Å². The van der Waals surface area contributed by atoms with Crippen molar-refractivity contribution in [3.05, 3.63) is 0 Å². The summed E-state index contributed by atoms with van der Waals surface area (Å²) >= 11 is 0. The van der Waals surface area contributed by atoms with Gasteiger partial charge >= 0.3 is 5.97 Å². The van der Waals surface area contributed by atoms with Gasteiger partial charge in [-0.15, -0.1) is 0 Å². The monoisotopic (exact) mass is 187 g/mol. The van der Waals surface area contributed by atoms with E-state index < -0.39 is 0 Å². The molecule has 0 aliphatic heterocycles. The highest BCUT2D eigenvalue weighted by molar-refractivity contribution is 5.74. The van der Waals surface area contributed by atoms with Crippen molar-refractivity contribution in [2.24, 2.45) is 5.92 Å². The number of nitrogens with one attached hydrogen (secondary N) is 1. The van der Waals surface area contributed by atoms with E-state index in [9.17, 15) is 4.79 Å². The van der Waals surface area contributed by atoms with E-state index in [0.29, 0.717) is 0 Å². The number of methoxy groups -OCH3 is 1. The van der Waals surface area contributed by atoms with Crippen LogP contribution in [0.1, 0.15) is 33.6 Å². The molecule has 0 saturated carbocycles. The number of carbonyl (C=O) groups is 1. The third-order valence-electron chi connectivity index (χ3n) is 1.96. The molecule has 0 unspecified atom stereocenters. The molecule has 0 bridgehead atoms. The van der Waals surface area contributed by atoms with Crippen LogP contribution in [0.4, 0.5) is 0 Å². The van der Waals surface area contributed by atoms with E-state index in [1.807, 2.05) is 6.92 Å². The number of esters is 1. The van der Waals surface area contributed by atoms with Gasteiger partial charge in [0.1, 0.15) is 6.04 Å². The fourth-order valence-corrected chi connectivity index (χ4v) is 1.09. The van der Waals surface area contributed by atoms with E-state index in [-0.39, 0.29) is 12.0 Å². The van der Waals surface area contributed by atoms with Gasteiger partial charge < -0.3 is 10.1 Å². The van der Waals surface area contributed by atoms with E-state index >= 15 is 0 Å². The van der Waals surface area contributed by atoms with Crippen LogP contribution in [0, 0.1) is 5.92 Å². The molecule has 0 heterocycles. The van der Waals surface area contributed by atoms with Gasteiger partial charge in [-0.05, 0) is 32.2 Å². The molecule has 0 rings (SSSR count). The molecule has 0 amide bonds. The van der Waals surface area contributed by atoms with Crippen LogP contribution in [0.25, 0.3) is 0 Å². The standard InChI is InChI=1S/C10H21NO2/c1-8(2)6-5-7-11-9(3)10(12)13-4/h8-9,11H,5-7H2,1-4H3/t9-/m0/s1. The highest BCUT2D eigenvalue weighted by Gasteiger charge is 2.10. The molecule has 0 aliphatic rings. The smallest absolute Gasteiger partial charge is 0.322 e. The molecule has 1 N–H and O–H groups in total. The van der Waals surface area contributed by atoms with Gasteiger partial charge in [0.15, 0.2) is 0 Å². The second kappa shape index (κ2) is 6.89. The van der Waals surface area contributed by atoms with E-state index in [0.717, 1.165) is 18.9 Å². The summed E-state index contributed by atoms with van der Waals surface area (Å²) in [6.07, 6.45) is 2.31. The zero-order chi connectivity index (χ0) is 10.3. The van der Waals surface area contributed by atoms with Crippen LogP contribution in [-0.2, 0) is 9.53 Å². The first kappa shape index (κ1) is 12.4. The van der Waals surface area contributed by atoms with E-state index in [1.165, 1.54) is 13.5 Å². The van der Waals surface area contributed by atoms with Gasteiger partial charge in [0.25, 0.3) is 0 Å². The minimum Gasteiger partial charge on any atom is -0.468 e. The van der Waals surface area contributed by atoms with Gasteiger partial charge in [-0.1, -0.05) is 13.8 Å². The van der Waals surface area contributed by atoms with Crippen LogP contribution in [0.3, 0.4) is 0 Å². The van der Waals surface area contributed by atoms with Crippen molar-refractivity contribution < 1.29 is 9.53 Å². The largest absolute Gasteiger partial charge is 0.468 e. The molecule has 0 saturated heterocycles. The molecule has 1 atom stereocenters. The average Bonchev–Trinajstić information content (AvgIpc) is 2.10. The number of hydrogen-bond donors (Lipinski definition) is 1. The first-order valence-corrected chi connectivity index (χ1v) is 4.89. The van der Waals surface area contributed by atoms with Gasteiger partial charge in [0.05, 0.1) is 7.11 Å². The van der Waals surface area contributed by atoms with Gasteiger partial charge in [0, 0.05) is 0 Å². The Morgan fingerprint density at radius 3 is 2.46 bits per heavy atom. The fourth-order valence-electron chi connectivity index (χ4n) is 1.09. The SMILES string of the molecule is COC(=O)[C@H](C)NCCCC(C)C. The lowest BCUT2D eigenvalue weighted by atomic mass is 10.1. The molecule has 0 aliphatic carbocycles. The lowest BCUT2D eigenvalue weighted by molar-refractivity contribution is -0.142. The Kier molecular flexibility index (Phi) is 6.59. The molecule has 0 spiro atoms. The number of carbonyl (C=O) groups excluding carboxylic acids is 1. The summed E-state index contributed by atoms with van der Waals surface area (Å²) in [7, 11) is 1.41. The normalized spacial score (nSPS) is 13.0. The molecule has 0 radical (unpaired) electrons. The second-order valence-corrected chi connectivity index (χ2v) is 3.74. The number of hydrogen-bond acceptors (Lipinski definition) is 3. The van der Waals surface area contributed by atoms with E-state index in [2.05, 4.69) is 23.9 Å². The van der Waals surface area contributed by atoms with Crippen molar-refractivity contribution in [3.63, 3.8) is 0 Å². The van der Waals surface area contributed by atoms with Crippen LogP contribution < -0.4 is 5.32 Å². The zero-order valence-electron chi connectivity index (χ0n) is 9.09. The lowest BCUT2D eigenvalue weighted by Gasteiger charge is -2.11. The van der Waals surface area contributed by atoms with Gasteiger partial charge in [-0.2, -0.15) is 0 Å². The second-order valence-electron chi connectivity index (χ2n) is 3.74. The maximum Gasteiger partial charge on any atom is 0.322 e. The maximum atomic E-state index is 11.0. The van der Waals surface area contributed by atoms with Crippen molar-refractivity contribution in [3.8, 4) is 0 Å². The Hall–Kier alpha value is -0.570. The van der Waals surface area contributed by atoms with Crippen molar-refractivity contribution in [1.82, 2.24) is 5.32 Å².